The van der Waals surface area contributed by atoms with Gasteiger partial charge in [-0.25, -0.2) is 0 Å². The Labute approximate surface area is 142 Å². The lowest BCUT2D eigenvalue weighted by atomic mass is 10.0. The maximum absolute atomic E-state index is 12.1. The third-order valence-electron chi connectivity index (χ3n) is 3.64. The van der Waals surface area contributed by atoms with Crippen LogP contribution in [0.15, 0.2) is 36.4 Å². The number of amides is 1. The van der Waals surface area contributed by atoms with Crippen LogP contribution in [0.1, 0.15) is 36.5 Å². The van der Waals surface area contributed by atoms with Crippen molar-refractivity contribution >= 4 is 23.2 Å². The number of rotatable bonds is 5. The van der Waals surface area contributed by atoms with E-state index >= 15 is 0 Å². The van der Waals surface area contributed by atoms with E-state index < -0.39 is 0 Å². The molecule has 0 spiro atoms. The van der Waals surface area contributed by atoms with Gasteiger partial charge >= 0.3 is 0 Å². The predicted molar refractivity (Wildman–Crippen MR) is 95.6 cm³/mol. The molecule has 23 heavy (non-hydrogen) atoms. The van der Waals surface area contributed by atoms with E-state index in [1.165, 1.54) is 5.56 Å². The van der Waals surface area contributed by atoms with Gasteiger partial charge in [0, 0.05) is 0 Å². The first kappa shape index (κ1) is 17.4. The Hall–Kier alpha value is -2.00. The van der Waals surface area contributed by atoms with Crippen LogP contribution < -0.4 is 10.1 Å². The molecule has 0 atom stereocenters. The van der Waals surface area contributed by atoms with E-state index in [0.717, 1.165) is 16.9 Å². The molecule has 0 saturated carbocycles. The summed E-state index contributed by atoms with van der Waals surface area (Å²) in [5, 5.41) is 3.29. The number of anilines is 1. The lowest BCUT2D eigenvalue weighted by Gasteiger charge is -2.13. The normalized spacial score (nSPS) is 10.7. The van der Waals surface area contributed by atoms with Crippen molar-refractivity contribution in [1.82, 2.24) is 0 Å². The number of hydrogen-bond acceptors (Lipinski definition) is 2. The van der Waals surface area contributed by atoms with Gasteiger partial charge in [-0.2, -0.15) is 0 Å². The van der Waals surface area contributed by atoms with Crippen molar-refractivity contribution in [2.24, 2.45) is 0 Å². The molecule has 0 radical (unpaired) electrons. The van der Waals surface area contributed by atoms with Gasteiger partial charge < -0.3 is 10.1 Å². The van der Waals surface area contributed by atoms with Gasteiger partial charge in [0.15, 0.2) is 6.61 Å². The Morgan fingerprint density at radius 1 is 1.17 bits per heavy atom. The number of aryl methyl sites for hydroxylation is 2. The summed E-state index contributed by atoms with van der Waals surface area (Å²) >= 11 is 6.12. The number of carbonyl (C=O) groups is 1. The number of hydrogen-bond donors (Lipinski definition) is 1. The molecule has 2 aromatic carbocycles. The van der Waals surface area contributed by atoms with Crippen LogP contribution in [0.4, 0.5) is 5.69 Å². The standard InChI is InChI=1S/C19H22ClNO2/c1-12(2)15-7-6-14(4)18(10-15)23-11-19(22)21-17-8-5-13(3)9-16(17)20/h5-10,12H,11H2,1-4H3,(H,21,22). The quantitative estimate of drug-likeness (QED) is 0.828. The molecule has 0 aliphatic heterocycles. The molecule has 0 heterocycles. The predicted octanol–water partition coefficient (Wildman–Crippen LogP) is 5.10. The summed E-state index contributed by atoms with van der Waals surface area (Å²) in [6.07, 6.45) is 0. The minimum Gasteiger partial charge on any atom is -0.483 e. The van der Waals surface area contributed by atoms with Gasteiger partial charge in [-0.3, -0.25) is 4.79 Å². The first-order chi connectivity index (χ1) is 10.9. The highest BCUT2D eigenvalue weighted by Gasteiger charge is 2.09. The molecular formula is C19H22ClNO2. The largest absolute Gasteiger partial charge is 0.483 e. The molecule has 0 fully saturated rings. The molecule has 122 valence electrons. The van der Waals surface area contributed by atoms with Crippen LogP contribution >= 0.6 is 11.6 Å². The van der Waals surface area contributed by atoms with Gasteiger partial charge in [0.2, 0.25) is 0 Å². The second-order valence-electron chi connectivity index (χ2n) is 6.00. The summed E-state index contributed by atoms with van der Waals surface area (Å²) < 4.78 is 5.67. The highest BCUT2D eigenvalue weighted by Crippen LogP contribution is 2.25. The molecule has 0 aromatic heterocycles. The molecule has 3 nitrogen and oxygen atoms in total. The van der Waals surface area contributed by atoms with E-state index in [0.29, 0.717) is 16.6 Å². The van der Waals surface area contributed by atoms with E-state index in [1.54, 1.807) is 6.07 Å². The van der Waals surface area contributed by atoms with Crippen molar-refractivity contribution in [3.05, 3.63) is 58.1 Å². The Bertz CT molecular complexity index is 711. The second kappa shape index (κ2) is 7.51. The lowest BCUT2D eigenvalue weighted by molar-refractivity contribution is -0.118. The Balaban J connectivity index is 2.00. The fourth-order valence-corrected chi connectivity index (χ4v) is 2.46. The van der Waals surface area contributed by atoms with E-state index in [9.17, 15) is 4.79 Å². The maximum atomic E-state index is 12.1. The fourth-order valence-electron chi connectivity index (χ4n) is 2.18. The van der Waals surface area contributed by atoms with Crippen molar-refractivity contribution in [2.45, 2.75) is 33.6 Å². The van der Waals surface area contributed by atoms with Crippen molar-refractivity contribution in [2.75, 3.05) is 11.9 Å². The Morgan fingerprint density at radius 2 is 1.91 bits per heavy atom. The number of nitrogens with one attached hydrogen (secondary N) is 1. The number of carbonyl (C=O) groups excluding carboxylic acids is 1. The zero-order chi connectivity index (χ0) is 17.0. The summed E-state index contributed by atoms with van der Waals surface area (Å²) in [5.74, 6) is 0.921. The molecule has 0 bridgehead atoms. The SMILES string of the molecule is Cc1ccc(NC(=O)COc2cc(C(C)C)ccc2C)c(Cl)c1. The smallest absolute Gasteiger partial charge is 0.262 e. The Morgan fingerprint density at radius 3 is 2.57 bits per heavy atom. The van der Waals surface area contributed by atoms with E-state index in [4.69, 9.17) is 16.3 Å². The molecule has 2 aromatic rings. The third-order valence-corrected chi connectivity index (χ3v) is 3.95. The summed E-state index contributed by atoms with van der Waals surface area (Å²) in [5.41, 5.74) is 3.84. The molecule has 0 aliphatic carbocycles. The zero-order valence-corrected chi connectivity index (χ0v) is 14.7. The number of halogens is 1. The molecular weight excluding hydrogens is 310 g/mol. The van der Waals surface area contributed by atoms with Gasteiger partial charge in [-0.05, 0) is 54.7 Å². The molecule has 0 aliphatic rings. The van der Waals surface area contributed by atoms with Gasteiger partial charge in [0.05, 0.1) is 10.7 Å². The van der Waals surface area contributed by atoms with Crippen LogP contribution in [0.25, 0.3) is 0 Å². The number of ether oxygens (including phenoxy) is 1. The fraction of sp³-hybridized carbons (Fsp3) is 0.316. The molecule has 1 amide bonds. The first-order valence-electron chi connectivity index (χ1n) is 7.66. The summed E-state index contributed by atoms with van der Waals surface area (Å²) in [4.78, 5) is 12.1. The lowest BCUT2D eigenvalue weighted by Crippen LogP contribution is -2.20. The highest BCUT2D eigenvalue weighted by molar-refractivity contribution is 6.33. The molecule has 4 heteroatoms. The van der Waals surface area contributed by atoms with Crippen LogP contribution in [-0.2, 0) is 4.79 Å². The van der Waals surface area contributed by atoms with Crippen molar-refractivity contribution in [3.8, 4) is 5.75 Å². The van der Waals surface area contributed by atoms with Gasteiger partial charge in [-0.15, -0.1) is 0 Å². The van der Waals surface area contributed by atoms with Crippen LogP contribution in [0.5, 0.6) is 5.75 Å². The van der Waals surface area contributed by atoms with Crippen LogP contribution in [0.3, 0.4) is 0 Å². The monoisotopic (exact) mass is 331 g/mol. The Kier molecular flexibility index (Phi) is 5.67. The van der Waals surface area contributed by atoms with Crippen molar-refractivity contribution < 1.29 is 9.53 Å². The average Bonchev–Trinajstić information content (AvgIpc) is 2.49. The van der Waals surface area contributed by atoms with Gasteiger partial charge in [0.25, 0.3) is 5.91 Å². The average molecular weight is 332 g/mol. The molecule has 0 saturated heterocycles. The van der Waals surface area contributed by atoms with E-state index in [2.05, 4.69) is 25.2 Å². The van der Waals surface area contributed by atoms with E-state index in [1.807, 2.05) is 38.1 Å². The number of benzene rings is 2. The topological polar surface area (TPSA) is 38.3 Å². The van der Waals surface area contributed by atoms with Crippen molar-refractivity contribution in [3.63, 3.8) is 0 Å². The van der Waals surface area contributed by atoms with Crippen molar-refractivity contribution in [1.29, 1.82) is 0 Å². The zero-order valence-electron chi connectivity index (χ0n) is 13.9. The third kappa shape index (κ3) is 4.73. The summed E-state index contributed by atoms with van der Waals surface area (Å²) in [7, 11) is 0. The maximum Gasteiger partial charge on any atom is 0.262 e. The van der Waals surface area contributed by atoms with Gasteiger partial charge in [-0.1, -0.05) is 43.6 Å². The van der Waals surface area contributed by atoms with E-state index in [-0.39, 0.29) is 12.5 Å². The highest BCUT2D eigenvalue weighted by atomic mass is 35.5. The molecule has 0 unspecified atom stereocenters. The summed E-state index contributed by atoms with van der Waals surface area (Å²) in [6.45, 7) is 8.12. The minimum absolute atomic E-state index is 0.0490. The van der Waals surface area contributed by atoms with Crippen LogP contribution in [-0.4, -0.2) is 12.5 Å². The molecule has 2 rings (SSSR count). The van der Waals surface area contributed by atoms with Gasteiger partial charge in [0.1, 0.15) is 5.75 Å². The summed E-state index contributed by atoms with van der Waals surface area (Å²) in [6, 6.07) is 11.6. The second-order valence-corrected chi connectivity index (χ2v) is 6.41. The molecule has 1 N–H and O–H groups in total. The first-order valence-corrected chi connectivity index (χ1v) is 8.04. The minimum atomic E-state index is -0.231. The van der Waals surface area contributed by atoms with Crippen LogP contribution in [0, 0.1) is 13.8 Å². The van der Waals surface area contributed by atoms with Crippen LogP contribution in [0.2, 0.25) is 5.02 Å².